The van der Waals surface area contributed by atoms with Crippen molar-refractivity contribution >= 4 is 23.1 Å². The lowest BCUT2D eigenvalue weighted by molar-refractivity contribution is 0.102. The van der Waals surface area contributed by atoms with E-state index in [9.17, 15) is 9.18 Å². The van der Waals surface area contributed by atoms with Crippen LogP contribution in [0.15, 0.2) is 65.3 Å². The Morgan fingerprint density at radius 3 is 2.68 bits per heavy atom. The SMILES string of the molecule is Cc1nc(-c2ccc(C(=O)Nc3ccc(F)c(CNc4cccnc4N)c3)cc2)no1. The van der Waals surface area contributed by atoms with Crippen LogP contribution in [0, 0.1) is 12.7 Å². The van der Waals surface area contributed by atoms with Gasteiger partial charge in [-0.3, -0.25) is 4.79 Å². The van der Waals surface area contributed by atoms with Crippen LogP contribution in [0.3, 0.4) is 0 Å². The van der Waals surface area contributed by atoms with Crippen LogP contribution >= 0.6 is 0 Å². The number of nitrogens with zero attached hydrogens (tertiary/aromatic N) is 3. The highest BCUT2D eigenvalue weighted by Crippen LogP contribution is 2.21. The minimum Gasteiger partial charge on any atom is -0.382 e. The van der Waals surface area contributed by atoms with Crippen molar-refractivity contribution in [1.29, 1.82) is 0 Å². The number of hydrogen-bond acceptors (Lipinski definition) is 7. The summed E-state index contributed by atoms with van der Waals surface area (Å²) >= 11 is 0. The van der Waals surface area contributed by atoms with Crippen molar-refractivity contribution < 1.29 is 13.7 Å². The largest absolute Gasteiger partial charge is 0.382 e. The number of carbonyl (C=O) groups is 1. The van der Waals surface area contributed by atoms with E-state index in [4.69, 9.17) is 10.3 Å². The van der Waals surface area contributed by atoms with Crippen molar-refractivity contribution in [3.05, 3.63) is 83.6 Å². The van der Waals surface area contributed by atoms with Gasteiger partial charge >= 0.3 is 0 Å². The number of amides is 1. The third kappa shape index (κ3) is 4.67. The Kier molecular flexibility index (Phi) is 5.57. The molecule has 4 aromatic rings. The lowest BCUT2D eigenvalue weighted by atomic mass is 10.1. The van der Waals surface area contributed by atoms with Crippen LogP contribution in [-0.2, 0) is 6.54 Å². The average Bonchev–Trinajstić information content (AvgIpc) is 3.21. The Morgan fingerprint density at radius 1 is 1.16 bits per heavy atom. The first kappa shape index (κ1) is 20.0. The molecule has 4 N–H and O–H groups in total. The maximum atomic E-state index is 14.2. The molecule has 0 saturated heterocycles. The van der Waals surface area contributed by atoms with Crippen molar-refractivity contribution in [2.45, 2.75) is 13.5 Å². The quantitative estimate of drug-likeness (QED) is 0.433. The van der Waals surface area contributed by atoms with E-state index in [0.29, 0.717) is 40.0 Å². The molecule has 156 valence electrons. The second-order valence-corrected chi connectivity index (χ2v) is 6.76. The predicted octanol–water partition coefficient (Wildman–Crippen LogP) is 4.03. The molecule has 8 nitrogen and oxygen atoms in total. The smallest absolute Gasteiger partial charge is 0.255 e. The molecule has 9 heteroatoms. The van der Waals surface area contributed by atoms with Crippen molar-refractivity contribution in [1.82, 2.24) is 15.1 Å². The molecule has 0 fully saturated rings. The van der Waals surface area contributed by atoms with Crippen LogP contribution in [-0.4, -0.2) is 21.0 Å². The number of aryl methyl sites for hydroxylation is 1. The zero-order valence-corrected chi connectivity index (χ0v) is 16.6. The fourth-order valence-corrected chi connectivity index (χ4v) is 2.94. The summed E-state index contributed by atoms with van der Waals surface area (Å²) in [4.78, 5) is 20.7. The molecule has 31 heavy (non-hydrogen) atoms. The molecule has 0 atom stereocenters. The topological polar surface area (TPSA) is 119 Å². The predicted molar refractivity (Wildman–Crippen MR) is 115 cm³/mol. The normalized spacial score (nSPS) is 10.6. The maximum absolute atomic E-state index is 14.2. The highest BCUT2D eigenvalue weighted by atomic mass is 19.1. The minimum atomic E-state index is -0.396. The standard InChI is InChI=1S/C22H19FN6O2/c1-13-27-21(29-31-13)14-4-6-15(7-5-14)22(30)28-17-8-9-18(23)16(11-17)12-26-19-3-2-10-25-20(19)24/h2-11,26H,12H2,1H3,(H2,24,25)(H,28,30). The van der Waals surface area contributed by atoms with Gasteiger partial charge in [0.2, 0.25) is 11.7 Å². The van der Waals surface area contributed by atoms with Gasteiger partial charge in [0.1, 0.15) is 11.6 Å². The zero-order chi connectivity index (χ0) is 21.8. The fourth-order valence-electron chi connectivity index (χ4n) is 2.94. The fraction of sp³-hybridized carbons (Fsp3) is 0.0909. The third-order valence-electron chi connectivity index (χ3n) is 4.54. The number of carbonyl (C=O) groups excluding carboxylic acids is 1. The summed E-state index contributed by atoms with van der Waals surface area (Å²) in [6.07, 6.45) is 1.58. The zero-order valence-electron chi connectivity index (χ0n) is 16.6. The van der Waals surface area contributed by atoms with E-state index in [1.54, 1.807) is 55.6 Å². The van der Waals surface area contributed by atoms with Gasteiger partial charge < -0.3 is 20.9 Å². The van der Waals surface area contributed by atoms with Crippen molar-refractivity contribution in [3.63, 3.8) is 0 Å². The van der Waals surface area contributed by atoms with Gasteiger partial charge in [-0.25, -0.2) is 9.37 Å². The summed E-state index contributed by atoms with van der Waals surface area (Å²) in [5, 5.41) is 9.68. The number of aromatic nitrogens is 3. The number of benzene rings is 2. The van der Waals surface area contributed by atoms with E-state index < -0.39 is 5.82 Å². The highest BCUT2D eigenvalue weighted by Gasteiger charge is 2.11. The van der Waals surface area contributed by atoms with Crippen LogP contribution in [0.5, 0.6) is 0 Å². The Bertz CT molecular complexity index is 1220. The number of nitrogen functional groups attached to an aromatic ring is 1. The van der Waals surface area contributed by atoms with Crippen LogP contribution in [0.25, 0.3) is 11.4 Å². The molecule has 0 radical (unpaired) electrons. The number of rotatable bonds is 6. The molecule has 0 aliphatic heterocycles. The molecule has 0 bridgehead atoms. The van der Waals surface area contributed by atoms with Gasteiger partial charge in [-0.1, -0.05) is 17.3 Å². The van der Waals surface area contributed by atoms with E-state index in [1.807, 2.05) is 0 Å². The summed E-state index contributed by atoms with van der Waals surface area (Å²) < 4.78 is 19.2. The Balaban J connectivity index is 1.44. The number of anilines is 3. The van der Waals surface area contributed by atoms with Crippen LogP contribution in [0.4, 0.5) is 21.6 Å². The van der Waals surface area contributed by atoms with Gasteiger partial charge in [0, 0.05) is 42.0 Å². The molecule has 1 amide bonds. The number of pyridine rings is 1. The molecule has 0 saturated carbocycles. The maximum Gasteiger partial charge on any atom is 0.255 e. The van der Waals surface area contributed by atoms with Crippen LogP contribution in [0.1, 0.15) is 21.8 Å². The third-order valence-corrected chi connectivity index (χ3v) is 4.54. The van der Waals surface area contributed by atoms with E-state index >= 15 is 0 Å². The highest BCUT2D eigenvalue weighted by molar-refractivity contribution is 6.04. The molecule has 0 spiro atoms. The second-order valence-electron chi connectivity index (χ2n) is 6.76. The summed E-state index contributed by atoms with van der Waals surface area (Å²) in [5.41, 5.74) is 8.43. The average molecular weight is 418 g/mol. The number of nitrogens with two attached hydrogens (primary N) is 1. The van der Waals surface area contributed by atoms with Crippen LogP contribution < -0.4 is 16.4 Å². The number of hydrogen-bond donors (Lipinski definition) is 3. The first-order valence-electron chi connectivity index (χ1n) is 9.44. The van der Waals surface area contributed by atoms with Crippen LogP contribution in [0.2, 0.25) is 0 Å². The molecular weight excluding hydrogens is 399 g/mol. The van der Waals surface area contributed by atoms with Gasteiger partial charge in [0.25, 0.3) is 5.91 Å². The van der Waals surface area contributed by atoms with E-state index in [-0.39, 0.29) is 12.5 Å². The van der Waals surface area contributed by atoms with Crippen molar-refractivity contribution in [3.8, 4) is 11.4 Å². The van der Waals surface area contributed by atoms with E-state index in [2.05, 4.69) is 25.8 Å². The monoisotopic (exact) mass is 418 g/mol. The Labute approximate surface area is 177 Å². The minimum absolute atomic E-state index is 0.185. The van der Waals surface area contributed by atoms with Gasteiger partial charge in [-0.2, -0.15) is 4.98 Å². The molecule has 0 aliphatic rings. The molecule has 2 aromatic carbocycles. The second kappa shape index (κ2) is 8.62. The Morgan fingerprint density at radius 2 is 1.97 bits per heavy atom. The number of halogens is 1. The lowest BCUT2D eigenvalue weighted by Crippen LogP contribution is -2.12. The van der Waals surface area contributed by atoms with Crippen molar-refractivity contribution in [2.24, 2.45) is 0 Å². The van der Waals surface area contributed by atoms with E-state index in [0.717, 1.165) is 5.56 Å². The molecule has 0 aliphatic carbocycles. The number of nitrogens with one attached hydrogen (secondary N) is 2. The summed E-state index contributed by atoms with van der Waals surface area (Å²) in [6.45, 7) is 1.89. The first-order valence-corrected chi connectivity index (χ1v) is 9.44. The van der Waals surface area contributed by atoms with Gasteiger partial charge in [0.15, 0.2) is 0 Å². The van der Waals surface area contributed by atoms with Gasteiger partial charge in [0.05, 0.1) is 5.69 Å². The molecular formula is C22H19FN6O2. The summed E-state index contributed by atoms with van der Waals surface area (Å²) in [5.74, 6) is 0.524. The Hall–Kier alpha value is -4.27. The van der Waals surface area contributed by atoms with Gasteiger partial charge in [-0.05, 0) is 42.5 Å². The summed E-state index contributed by atoms with van der Waals surface area (Å²) in [7, 11) is 0. The molecule has 0 unspecified atom stereocenters. The van der Waals surface area contributed by atoms with Gasteiger partial charge in [-0.15, -0.1) is 0 Å². The lowest BCUT2D eigenvalue weighted by Gasteiger charge is -2.11. The summed E-state index contributed by atoms with van der Waals surface area (Å²) in [6, 6.07) is 14.7. The first-order chi connectivity index (χ1) is 15.0. The molecule has 2 aromatic heterocycles. The van der Waals surface area contributed by atoms with E-state index in [1.165, 1.54) is 12.1 Å². The molecule has 2 heterocycles. The molecule has 4 rings (SSSR count). The van der Waals surface area contributed by atoms with Crippen molar-refractivity contribution in [2.75, 3.05) is 16.4 Å².